The molecule has 0 radical (unpaired) electrons. The smallest absolute Gasteiger partial charge is 0.154 e. The number of fused-ring (bicyclic) bond motifs is 4. The minimum Gasteiger partial charge on any atom is -0.507 e. The van der Waals surface area contributed by atoms with E-state index in [1.165, 1.54) is 37.6 Å². The van der Waals surface area contributed by atoms with Crippen molar-refractivity contribution in [3.8, 4) is 23.1 Å². The van der Waals surface area contributed by atoms with Gasteiger partial charge in [-0.05, 0) is 80.9 Å². The van der Waals surface area contributed by atoms with E-state index in [-0.39, 0.29) is 5.75 Å². The van der Waals surface area contributed by atoms with Crippen molar-refractivity contribution in [2.45, 2.75) is 38.6 Å². The molecule has 4 aliphatic rings. The van der Waals surface area contributed by atoms with E-state index in [0.29, 0.717) is 22.9 Å². The molecule has 28 heavy (non-hydrogen) atoms. The van der Waals surface area contributed by atoms with Gasteiger partial charge in [-0.2, -0.15) is 5.26 Å². The molecule has 144 valence electrons. The molecular formula is C22H25N5O. The van der Waals surface area contributed by atoms with E-state index in [1.807, 2.05) is 6.92 Å². The SMILES string of the molecule is Cc1cc(C#N)cc(O)c1-c1cc2c(nn1)N([C@H]1CN3CCC1CC3)CCC2. The summed E-state index contributed by atoms with van der Waals surface area (Å²) in [6, 6.07) is 8.01. The van der Waals surface area contributed by atoms with Gasteiger partial charge < -0.3 is 14.9 Å². The molecule has 0 unspecified atom stereocenters. The van der Waals surface area contributed by atoms with Crippen LogP contribution in [0.15, 0.2) is 18.2 Å². The zero-order valence-electron chi connectivity index (χ0n) is 16.2. The predicted molar refractivity (Wildman–Crippen MR) is 107 cm³/mol. The van der Waals surface area contributed by atoms with Crippen molar-refractivity contribution in [2.75, 3.05) is 31.1 Å². The van der Waals surface area contributed by atoms with E-state index in [4.69, 9.17) is 5.26 Å². The van der Waals surface area contributed by atoms with Gasteiger partial charge in [0.05, 0.1) is 17.3 Å². The molecule has 0 amide bonds. The van der Waals surface area contributed by atoms with Gasteiger partial charge in [-0.3, -0.25) is 0 Å². The average Bonchev–Trinajstić information content (AvgIpc) is 2.73. The molecule has 1 N–H and O–H groups in total. The molecule has 6 rings (SSSR count). The number of benzene rings is 1. The van der Waals surface area contributed by atoms with E-state index in [2.05, 4.69) is 32.1 Å². The molecule has 1 atom stereocenters. The zero-order valence-corrected chi connectivity index (χ0v) is 16.2. The van der Waals surface area contributed by atoms with Crippen LogP contribution in [0.25, 0.3) is 11.3 Å². The first-order chi connectivity index (χ1) is 13.6. The van der Waals surface area contributed by atoms with E-state index in [0.717, 1.165) is 43.2 Å². The quantitative estimate of drug-likeness (QED) is 0.870. The third-order valence-corrected chi connectivity index (χ3v) is 6.69. The maximum atomic E-state index is 10.5. The van der Waals surface area contributed by atoms with Crippen molar-refractivity contribution in [1.82, 2.24) is 15.1 Å². The highest BCUT2D eigenvalue weighted by atomic mass is 16.3. The fourth-order valence-electron chi connectivity index (χ4n) is 5.29. The van der Waals surface area contributed by atoms with Crippen molar-refractivity contribution in [1.29, 1.82) is 5.26 Å². The number of hydrogen-bond donors (Lipinski definition) is 1. The molecule has 5 heterocycles. The summed E-state index contributed by atoms with van der Waals surface area (Å²) in [7, 11) is 0. The van der Waals surface area contributed by atoms with Crippen molar-refractivity contribution in [3.05, 3.63) is 34.9 Å². The van der Waals surface area contributed by atoms with Crippen LogP contribution < -0.4 is 4.90 Å². The first-order valence-electron chi connectivity index (χ1n) is 10.2. The van der Waals surface area contributed by atoms with Crippen LogP contribution in [0.1, 0.15) is 36.0 Å². The Morgan fingerprint density at radius 2 is 1.96 bits per heavy atom. The standard InChI is InChI=1S/C22H25N5O/c1-14-9-15(12-23)10-20(28)21(14)18-11-17-3-2-6-27(22(17)25-24-18)19-13-26-7-4-16(19)5-8-26/h9-11,16,19,28H,2-8,13H2,1H3/t19-/m0/s1. The molecule has 1 aromatic heterocycles. The predicted octanol–water partition coefficient (Wildman–Crippen LogP) is 2.88. The Kier molecular flexibility index (Phi) is 4.21. The van der Waals surface area contributed by atoms with Crippen molar-refractivity contribution < 1.29 is 5.11 Å². The van der Waals surface area contributed by atoms with Gasteiger partial charge in [-0.25, -0.2) is 0 Å². The Morgan fingerprint density at radius 3 is 2.64 bits per heavy atom. The highest BCUT2D eigenvalue weighted by molar-refractivity contribution is 5.73. The second-order valence-corrected chi connectivity index (χ2v) is 8.38. The summed E-state index contributed by atoms with van der Waals surface area (Å²) in [6.45, 7) is 6.57. The number of aromatic nitrogens is 2. The lowest BCUT2D eigenvalue weighted by Crippen LogP contribution is -2.58. The number of phenols is 1. The molecule has 0 saturated carbocycles. The van der Waals surface area contributed by atoms with Crippen LogP contribution in [0, 0.1) is 24.2 Å². The van der Waals surface area contributed by atoms with Crippen LogP contribution in [0.2, 0.25) is 0 Å². The largest absolute Gasteiger partial charge is 0.507 e. The van der Waals surface area contributed by atoms with Crippen LogP contribution in [0.3, 0.4) is 0 Å². The van der Waals surface area contributed by atoms with Crippen molar-refractivity contribution in [2.24, 2.45) is 5.92 Å². The van der Waals surface area contributed by atoms with Gasteiger partial charge >= 0.3 is 0 Å². The van der Waals surface area contributed by atoms with Gasteiger partial charge in [-0.15, -0.1) is 10.2 Å². The number of aromatic hydroxyl groups is 1. The average molecular weight is 375 g/mol. The van der Waals surface area contributed by atoms with Gasteiger partial charge in [0.15, 0.2) is 5.82 Å². The minimum absolute atomic E-state index is 0.0934. The highest BCUT2D eigenvalue weighted by Crippen LogP contribution is 2.38. The van der Waals surface area contributed by atoms with E-state index in [1.54, 1.807) is 6.07 Å². The summed E-state index contributed by atoms with van der Waals surface area (Å²) >= 11 is 0. The molecule has 0 spiro atoms. The third-order valence-electron chi connectivity index (χ3n) is 6.69. The normalized spacial score (nSPS) is 26.0. The number of piperidine rings is 3. The van der Waals surface area contributed by atoms with Crippen LogP contribution in [-0.4, -0.2) is 52.4 Å². The lowest BCUT2D eigenvalue weighted by atomic mass is 9.82. The molecular weight excluding hydrogens is 350 g/mol. The molecule has 0 aliphatic carbocycles. The van der Waals surface area contributed by atoms with Gasteiger partial charge in [0, 0.05) is 24.7 Å². The molecule has 6 nitrogen and oxygen atoms in total. The molecule has 4 aliphatic heterocycles. The number of nitrogens with zero attached hydrogens (tertiary/aromatic N) is 5. The topological polar surface area (TPSA) is 76.3 Å². The van der Waals surface area contributed by atoms with Crippen LogP contribution in [0.4, 0.5) is 5.82 Å². The highest BCUT2D eigenvalue weighted by Gasteiger charge is 2.39. The molecule has 2 aromatic rings. The Balaban J connectivity index is 1.51. The fourth-order valence-corrected chi connectivity index (χ4v) is 5.29. The zero-order chi connectivity index (χ0) is 19.3. The number of phenolic OH excluding ortho intramolecular Hbond substituents is 1. The van der Waals surface area contributed by atoms with Crippen molar-refractivity contribution in [3.63, 3.8) is 0 Å². The van der Waals surface area contributed by atoms with Crippen molar-refractivity contribution >= 4 is 5.82 Å². The number of anilines is 1. The molecule has 6 heteroatoms. The van der Waals surface area contributed by atoms with Gasteiger partial charge in [0.25, 0.3) is 0 Å². The maximum Gasteiger partial charge on any atom is 0.154 e. The summed E-state index contributed by atoms with van der Waals surface area (Å²) in [4.78, 5) is 5.08. The van der Waals surface area contributed by atoms with E-state index in [9.17, 15) is 5.11 Å². The van der Waals surface area contributed by atoms with Gasteiger partial charge in [0.1, 0.15) is 5.75 Å². The fraction of sp³-hybridized carbons (Fsp3) is 0.500. The minimum atomic E-state index is 0.0934. The van der Waals surface area contributed by atoms with Gasteiger partial charge in [-0.1, -0.05) is 0 Å². The first-order valence-corrected chi connectivity index (χ1v) is 10.2. The maximum absolute atomic E-state index is 10.5. The molecule has 2 bridgehead atoms. The number of nitriles is 1. The Labute approximate surface area is 165 Å². The van der Waals surface area contributed by atoms with Crippen LogP contribution >= 0.6 is 0 Å². The summed E-state index contributed by atoms with van der Waals surface area (Å²) in [5, 5.41) is 28.7. The summed E-state index contributed by atoms with van der Waals surface area (Å²) in [6.07, 6.45) is 4.70. The Morgan fingerprint density at radius 1 is 1.14 bits per heavy atom. The van der Waals surface area contributed by atoms with Crippen LogP contribution in [-0.2, 0) is 6.42 Å². The Hall–Kier alpha value is -2.65. The third kappa shape index (κ3) is 2.82. The second-order valence-electron chi connectivity index (χ2n) is 8.38. The number of aryl methyl sites for hydroxylation is 2. The number of hydrogen-bond acceptors (Lipinski definition) is 6. The molecule has 3 fully saturated rings. The first kappa shape index (κ1) is 17.4. The molecule has 3 saturated heterocycles. The lowest BCUT2D eigenvalue weighted by molar-refractivity contribution is 0.0842. The monoisotopic (exact) mass is 375 g/mol. The van der Waals surface area contributed by atoms with Gasteiger partial charge in [0.2, 0.25) is 0 Å². The lowest BCUT2D eigenvalue weighted by Gasteiger charge is -2.50. The van der Waals surface area contributed by atoms with E-state index < -0.39 is 0 Å². The summed E-state index contributed by atoms with van der Waals surface area (Å²) in [5.41, 5.74) is 3.88. The van der Waals surface area contributed by atoms with Crippen LogP contribution in [0.5, 0.6) is 5.75 Å². The second kappa shape index (κ2) is 6.75. The van der Waals surface area contributed by atoms with E-state index >= 15 is 0 Å². The number of rotatable bonds is 2. The Bertz CT molecular complexity index is 935. The summed E-state index contributed by atoms with van der Waals surface area (Å²) < 4.78 is 0. The molecule has 1 aromatic carbocycles. The summed E-state index contributed by atoms with van der Waals surface area (Å²) in [5.74, 6) is 1.89.